The van der Waals surface area contributed by atoms with E-state index >= 15 is 0 Å². The fraction of sp³-hybridized carbons (Fsp3) is 0.415. The number of primary amides is 1. The number of rotatable bonds is 9. The van der Waals surface area contributed by atoms with E-state index in [-0.39, 0.29) is 32.2 Å². The van der Waals surface area contributed by atoms with Crippen LogP contribution in [0.25, 0.3) is 10.9 Å². The molecule has 0 radical (unpaired) electrons. The van der Waals surface area contributed by atoms with Crippen molar-refractivity contribution in [3.63, 3.8) is 0 Å². The molecule has 56 heavy (non-hydrogen) atoms. The van der Waals surface area contributed by atoms with Gasteiger partial charge >= 0.3 is 6.03 Å². The molecule has 0 unspecified atom stereocenters. The Hall–Kier alpha value is -5.98. The minimum Gasteiger partial charge on any atom is -0.368 e. The topological polar surface area (TPSA) is 225 Å². The molecule has 0 aliphatic carbocycles. The lowest BCUT2D eigenvalue weighted by molar-refractivity contribution is -0.133. The number of H-pyrrole nitrogens is 1. The highest BCUT2D eigenvalue weighted by Gasteiger charge is 2.32. The quantitative estimate of drug-likeness (QED) is 0.124. The summed E-state index contributed by atoms with van der Waals surface area (Å²) in [5, 5.41) is 9.99. The minimum absolute atomic E-state index is 0.0773. The van der Waals surface area contributed by atoms with Crippen molar-refractivity contribution in [2.75, 3.05) is 26.2 Å². The smallest absolute Gasteiger partial charge is 0.337 e. The number of para-hydroxylation sites is 1. The van der Waals surface area contributed by atoms with Crippen LogP contribution >= 0.6 is 0 Å². The zero-order chi connectivity index (χ0) is 40.6. The summed E-state index contributed by atoms with van der Waals surface area (Å²) >= 11 is 0. The summed E-state index contributed by atoms with van der Waals surface area (Å²) in [6.45, 7) is 7.91. The molecule has 1 aliphatic rings. The Morgan fingerprint density at radius 1 is 0.964 bits per heavy atom. The molecule has 2 heterocycles. The van der Waals surface area contributed by atoms with Crippen LogP contribution in [0.4, 0.5) is 4.79 Å². The van der Waals surface area contributed by atoms with Gasteiger partial charge in [-0.2, -0.15) is 0 Å². The number of fused-ring (bicyclic) bond motifs is 1. The number of nitrogens with two attached hydrogens (primary N) is 2. The molecular weight excluding hydrogens is 715 g/mol. The Morgan fingerprint density at radius 2 is 1.68 bits per heavy atom. The highest BCUT2D eigenvalue weighted by molar-refractivity contribution is 5.96. The van der Waals surface area contributed by atoms with Crippen LogP contribution in [-0.2, 0) is 36.8 Å². The summed E-state index contributed by atoms with van der Waals surface area (Å²) in [6.07, 6.45) is 4.95. The van der Waals surface area contributed by atoms with Crippen molar-refractivity contribution in [1.29, 1.82) is 0 Å². The Morgan fingerprint density at radius 3 is 2.39 bits per heavy atom. The first-order valence-corrected chi connectivity index (χ1v) is 18.8. The molecule has 1 aromatic heterocycles. The molecule has 6 amide bonds. The number of benzene rings is 2. The molecule has 2 aromatic carbocycles. The zero-order valence-electron chi connectivity index (χ0n) is 32.0. The van der Waals surface area contributed by atoms with E-state index in [1.54, 1.807) is 12.3 Å². The van der Waals surface area contributed by atoms with Gasteiger partial charge in [0, 0.05) is 42.4 Å². The van der Waals surface area contributed by atoms with E-state index in [9.17, 15) is 28.8 Å². The molecule has 9 N–H and O–H groups in total. The zero-order valence-corrected chi connectivity index (χ0v) is 32.0. The second kappa shape index (κ2) is 21.2. The second-order valence-corrected chi connectivity index (χ2v) is 14.0. The molecule has 0 saturated carbocycles. The number of hydrogen-bond acceptors (Lipinski definition) is 8. The van der Waals surface area contributed by atoms with Crippen LogP contribution in [0.15, 0.2) is 73.4 Å². The average Bonchev–Trinajstić information content (AvgIpc) is 3.58. The van der Waals surface area contributed by atoms with Crippen LogP contribution in [0.1, 0.15) is 50.7 Å². The van der Waals surface area contributed by atoms with Crippen molar-refractivity contribution < 1.29 is 28.8 Å². The highest BCUT2D eigenvalue weighted by atomic mass is 16.2. The lowest BCUT2D eigenvalue weighted by atomic mass is 9.89. The second-order valence-electron chi connectivity index (χ2n) is 14.0. The van der Waals surface area contributed by atoms with E-state index < -0.39 is 65.5 Å². The lowest BCUT2D eigenvalue weighted by Gasteiger charge is -2.26. The maximum atomic E-state index is 14.3. The van der Waals surface area contributed by atoms with Crippen molar-refractivity contribution in [3.8, 4) is 11.8 Å². The Kier molecular flexibility index (Phi) is 16.2. The van der Waals surface area contributed by atoms with Gasteiger partial charge in [-0.1, -0.05) is 66.4 Å². The number of carbonyl (C=O) groups is 6. The van der Waals surface area contributed by atoms with Crippen LogP contribution in [0.3, 0.4) is 0 Å². The number of hydrazine groups is 1. The van der Waals surface area contributed by atoms with Crippen LogP contribution in [0.2, 0.25) is 0 Å². The molecule has 3 aromatic rings. The summed E-state index contributed by atoms with van der Waals surface area (Å²) < 4.78 is 0. The number of Topliss-reactive ketones (excluding diaryl/α,β-unsaturated/α-hetero) is 1. The van der Waals surface area contributed by atoms with E-state index in [4.69, 9.17) is 11.5 Å². The maximum Gasteiger partial charge on any atom is 0.337 e. The van der Waals surface area contributed by atoms with Crippen molar-refractivity contribution in [1.82, 2.24) is 36.3 Å². The first-order valence-electron chi connectivity index (χ1n) is 18.8. The summed E-state index contributed by atoms with van der Waals surface area (Å²) in [5.41, 5.74) is 16.4. The number of urea groups is 1. The third-order valence-corrected chi connectivity index (χ3v) is 9.51. The normalized spacial score (nSPS) is 21.9. The number of hydrogen-bond donors (Lipinski definition) is 7. The van der Waals surface area contributed by atoms with Gasteiger partial charge in [-0.15, -0.1) is 6.58 Å². The summed E-state index contributed by atoms with van der Waals surface area (Å²) in [5.74, 6) is 2.04. The first-order chi connectivity index (χ1) is 26.9. The van der Waals surface area contributed by atoms with Crippen LogP contribution in [-0.4, -0.2) is 101 Å². The van der Waals surface area contributed by atoms with Crippen molar-refractivity contribution in [2.24, 2.45) is 17.4 Å². The van der Waals surface area contributed by atoms with Crippen molar-refractivity contribution >= 4 is 46.3 Å². The van der Waals surface area contributed by atoms with Gasteiger partial charge in [0.25, 0.3) is 5.91 Å². The van der Waals surface area contributed by atoms with E-state index in [2.05, 4.69) is 44.8 Å². The number of aromatic amines is 1. The van der Waals surface area contributed by atoms with Gasteiger partial charge < -0.3 is 32.4 Å². The minimum atomic E-state index is -1.18. The van der Waals surface area contributed by atoms with E-state index in [0.717, 1.165) is 27.0 Å². The van der Waals surface area contributed by atoms with Gasteiger partial charge in [0.2, 0.25) is 17.7 Å². The predicted octanol–water partition coefficient (Wildman–Crippen LogP) is 1.44. The largest absolute Gasteiger partial charge is 0.368 e. The third-order valence-electron chi connectivity index (χ3n) is 9.51. The molecule has 0 spiro atoms. The van der Waals surface area contributed by atoms with Gasteiger partial charge in [0.15, 0.2) is 5.78 Å². The maximum absolute atomic E-state index is 14.3. The fourth-order valence-electron chi connectivity index (χ4n) is 6.31. The van der Waals surface area contributed by atoms with Gasteiger partial charge in [0.05, 0.1) is 18.6 Å². The molecule has 298 valence electrons. The van der Waals surface area contributed by atoms with Crippen LogP contribution in [0.5, 0.6) is 0 Å². The summed E-state index contributed by atoms with van der Waals surface area (Å²) in [6, 6.07) is 11.7. The SMILES string of the molecule is C=CCN1CC#CCN(NC(=O)[C@H](C)N)C(=O)N[C@@H](C)C(=O)N[C@@H](Cc2c[nH]c3ccccc23)C(=O)C[C@H](Cc2ccccc2)C(=O)N[C@H](C(N)=O)CCCC1. The Labute approximate surface area is 327 Å². The molecule has 0 saturated heterocycles. The Balaban J connectivity index is 1.69. The Bertz CT molecular complexity index is 1920. The number of nitrogens with one attached hydrogen (secondary N) is 5. The number of carbonyl (C=O) groups excluding carboxylic acids is 6. The number of nitrogens with zero attached hydrogens (tertiary/aromatic N) is 2. The molecule has 5 atom stereocenters. The van der Waals surface area contributed by atoms with Crippen molar-refractivity contribution in [3.05, 3.63) is 84.6 Å². The van der Waals surface area contributed by atoms with E-state index in [1.807, 2.05) is 59.5 Å². The number of amides is 6. The summed E-state index contributed by atoms with van der Waals surface area (Å²) in [4.78, 5) is 85.9. The molecule has 15 nitrogen and oxygen atoms in total. The molecule has 0 fully saturated rings. The first kappa shape index (κ1) is 42.8. The molecule has 1 aliphatic heterocycles. The number of ketones is 1. The highest BCUT2D eigenvalue weighted by Crippen LogP contribution is 2.22. The molecular formula is C41H53N9O6. The van der Waals surface area contributed by atoms with Crippen molar-refractivity contribution in [2.45, 2.75) is 76.5 Å². The van der Waals surface area contributed by atoms with Gasteiger partial charge in [0.1, 0.15) is 18.6 Å². The third kappa shape index (κ3) is 12.8. The molecule has 4 rings (SSSR count). The number of aromatic nitrogens is 1. The lowest BCUT2D eigenvalue weighted by Crippen LogP contribution is -2.58. The predicted molar refractivity (Wildman–Crippen MR) is 213 cm³/mol. The monoisotopic (exact) mass is 767 g/mol. The van der Waals surface area contributed by atoms with Crippen LogP contribution < -0.4 is 32.8 Å². The summed E-state index contributed by atoms with van der Waals surface area (Å²) in [7, 11) is 0. The average molecular weight is 768 g/mol. The van der Waals surface area contributed by atoms with E-state index in [0.29, 0.717) is 32.5 Å². The molecule has 0 bridgehead atoms. The van der Waals surface area contributed by atoms with E-state index in [1.165, 1.54) is 13.8 Å². The van der Waals surface area contributed by atoms with Gasteiger partial charge in [-0.3, -0.25) is 34.3 Å². The standard InChI is InChI=1S/C41H53N9O6/c1-4-19-49-20-11-10-18-34(37(43)52)46-40(55)30(23-29-14-6-5-7-15-29)25-36(51)35(24-31-26-44-33-17-9-8-16-32(31)33)47-39(54)28(3)45-41(56)50(22-13-12-21-49)48-38(53)27(2)42/h4-9,14-17,26-28,30,34-35,44H,1,10-11,18-25,42H2,2-3H3,(H2,43,52)(H,45,56)(H,46,55)(H,47,54)(H,48,53)/t27-,28-,30-,34-,35-/m0/s1. The molecule has 15 heteroatoms. The van der Waals surface area contributed by atoms with Crippen LogP contribution in [0, 0.1) is 17.8 Å². The van der Waals surface area contributed by atoms with Gasteiger partial charge in [-0.05, 0) is 63.3 Å². The van der Waals surface area contributed by atoms with Gasteiger partial charge in [-0.25, -0.2) is 9.80 Å². The fourth-order valence-corrected chi connectivity index (χ4v) is 6.31.